The van der Waals surface area contributed by atoms with Gasteiger partial charge in [0.05, 0.1) is 17.4 Å². The highest BCUT2D eigenvalue weighted by Crippen LogP contribution is 2.24. The van der Waals surface area contributed by atoms with Crippen LogP contribution in [0.25, 0.3) is 0 Å². The van der Waals surface area contributed by atoms with E-state index in [1.54, 1.807) is 0 Å². The van der Waals surface area contributed by atoms with Crippen LogP contribution in [0.4, 0.5) is 10.2 Å². The van der Waals surface area contributed by atoms with Gasteiger partial charge in [-0.05, 0) is 12.1 Å². The number of benzene rings is 1. The Bertz CT molecular complexity index is 504. The first-order valence-corrected chi connectivity index (χ1v) is 4.73. The number of halogens is 2. The van der Waals surface area contributed by atoms with Crippen molar-refractivity contribution in [1.82, 2.24) is 9.97 Å². The second kappa shape index (κ2) is 4.32. The molecular weight excluding hydrogens is 233 g/mol. The number of anilines is 1. The molecule has 2 N–H and O–H groups in total. The summed E-state index contributed by atoms with van der Waals surface area (Å²) in [5, 5.41) is -0.0131. The summed E-state index contributed by atoms with van der Waals surface area (Å²) in [5.74, 6) is 0.434. The van der Waals surface area contributed by atoms with Crippen LogP contribution in [0.3, 0.4) is 0 Å². The molecular formula is C10H7ClFN3O. The Morgan fingerprint density at radius 3 is 2.69 bits per heavy atom. The lowest BCUT2D eigenvalue weighted by Crippen LogP contribution is -1.93. The molecule has 0 aliphatic rings. The molecule has 1 aromatic carbocycles. The van der Waals surface area contributed by atoms with E-state index < -0.39 is 5.82 Å². The fourth-order valence-corrected chi connectivity index (χ4v) is 1.21. The molecule has 0 spiro atoms. The van der Waals surface area contributed by atoms with Crippen LogP contribution in [-0.4, -0.2) is 9.97 Å². The molecule has 0 fully saturated rings. The minimum Gasteiger partial charge on any atom is -0.437 e. The lowest BCUT2D eigenvalue weighted by Gasteiger charge is -2.04. The highest BCUT2D eigenvalue weighted by atomic mass is 35.5. The van der Waals surface area contributed by atoms with Crippen molar-refractivity contribution in [1.29, 1.82) is 0 Å². The Morgan fingerprint density at radius 1 is 1.25 bits per heavy atom. The number of ether oxygens (including phenoxy) is 1. The smallest absolute Gasteiger partial charge is 0.237 e. The number of nitrogens with two attached hydrogens (primary N) is 1. The van der Waals surface area contributed by atoms with Crippen molar-refractivity contribution >= 4 is 17.4 Å². The van der Waals surface area contributed by atoms with Gasteiger partial charge in [-0.15, -0.1) is 0 Å². The van der Waals surface area contributed by atoms with Crippen LogP contribution in [0.5, 0.6) is 11.6 Å². The number of hydrogen-bond donors (Lipinski definition) is 1. The van der Waals surface area contributed by atoms with E-state index >= 15 is 0 Å². The van der Waals surface area contributed by atoms with Gasteiger partial charge in [0.25, 0.3) is 0 Å². The summed E-state index contributed by atoms with van der Waals surface area (Å²) < 4.78 is 18.1. The van der Waals surface area contributed by atoms with Gasteiger partial charge in [0.15, 0.2) is 0 Å². The van der Waals surface area contributed by atoms with E-state index in [0.717, 1.165) is 0 Å². The van der Waals surface area contributed by atoms with E-state index in [4.69, 9.17) is 22.1 Å². The maximum atomic E-state index is 12.9. The third-order valence-corrected chi connectivity index (χ3v) is 2.05. The van der Waals surface area contributed by atoms with E-state index in [1.807, 2.05) is 0 Å². The predicted molar refractivity (Wildman–Crippen MR) is 57.9 cm³/mol. The fourth-order valence-electron chi connectivity index (χ4n) is 1.04. The molecule has 0 atom stereocenters. The average Bonchev–Trinajstić information content (AvgIpc) is 2.27. The molecule has 4 nitrogen and oxygen atoms in total. The Hall–Kier alpha value is -1.88. The average molecular weight is 240 g/mol. The van der Waals surface area contributed by atoms with Crippen LogP contribution in [0.1, 0.15) is 0 Å². The predicted octanol–water partition coefficient (Wildman–Crippen LogP) is 2.64. The van der Waals surface area contributed by atoms with E-state index in [0.29, 0.717) is 11.6 Å². The SMILES string of the molecule is Nc1cnc(Oc2ccc(F)c(Cl)c2)cn1. The molecule has 1 aromatic heterocycles. The molecule has 1 heterocycles. The van der Waals surface area contributed by atoms with Gasteiger partial charge in [-0.1, -0.05) is 11.6 Å². The van der Waals surface area contributed by atoms with E-state index in [2.05, 4.69) is 9.97 Å². The van der Waals surface area contributed by atoms with Crippen molar-refractivity contribution in [2.45, 2.75) is 0 Å². The Labute approximate surface area is 95.9 Å². The third-order valence-electron chi connectivity index (χ3n) is 1.76. The fraction of sp³-hybridized carbons (Fsp3) is 0. The molecule has 0 aliphatic carbocycles. The van der Waals surface area contributed by atoms with Crippen molar-refractivity contribution < 1.29 is 9.13 Å². The minimum absolute atomic E-state index is 0.0131. The molecule has 16 heavy (non-hydrogen) atoms. The molecule has 0 radical (unpaired) electrons. The number of hydrogen-bond acceptors (Lipinski definition) is 4. The second-order valence-electron chi connectivity index (χ2n) is 2.96. The van der Waals surface area contributed by atoms with Crippen molar-refractivity contribution in [2.75, 3.05) is 5.73 Å². The van der Waals surface area contributed by atoms with Gasteiger partial charge in [-0.3, -0.25) is 0 Å². The molecule has 0 saturated carbocycles. The van der Waals surface area contributed by atoms with Gasteiger partial charge in [0.2, 0.25) is 5.88 Å². The van der Waals surface area contributed by atoms with Crippen LogP contribution in [0, 0.1) is 5.82 Å². The summed E-state index contributed by atoms with van der Waals surface area (Å²) in [4.78, 5) is 7.68. The standard InChI is InChI=1S/C10H7ClFN3O/c11-7-3-6(1-2-8(7)12)16-10-5-14-9(13)4-15-10/h1-5H,(H2,13,14). The molecule has 0 saturated heterocycles. The first-order chi connectivity index (χ1) is 7.65. The molecule has 2 rings (SSSR count). The maximum Gasteiger partial charge on any atom is 0.237 e. The van der Waals surface area contributed by atoms with Gasteiger partial charge < -0.3 is 10.5 Å². The van der Waals surface area contributed by atoms with Crippen LogP contribution < -0.4 is 10.5 Å². The molecule has 0 bridgehead atoms. The van der Waals surface area contributed by atoms with Gasteiger partial charge >= 0.3 is 0 Å². The zero-order valence-electron chi connectivity index (χ0n) is 8.02. The Kier molecular flexibility index (Phi) is 2.87. The summed E-state index contributed by atoms with van der Waals surface area (Å²) >= 11 is 5.59. The number of rotatable bonds is 2. The molecule has 0 amide bonds. The van der Waals surface area contributed by atoms with Crippen molar-refractivity contribution in [3.05, 3.63) is 41.4 Å². The number of nitrogen functional groups attached to an aromatic ring is 1. The van der Waals surface area contributed by atoms with Gasteiger partial charge in [-0.25, -0.2) is 14.4 Å². The minimum atomic E-state index is -0.502. The van der Waals surface area contributed by atoms with E-state index in [1.165, 1.54) is 30.6 Å². The topological polar surface area (TPSA) is 61.0 Å². The quantitative estimate of drug-likeness (QED) is 0.875. The highest BCUT2D eigenvalue weighted by molar-refractivity contribution is 6.30. The van der Waals surface area contributed by atoms with E-state index in [-0.39, 0.29) is 10.9 Å². The second-order valence-corrected chi connectivity index (χ2v) is 3.36. The zero-order valence-corrected chi connectivity index (χ0v) is 8.78. The molecule has 6 heteroatoms. The Morgan fingerprint density at radius 2 is 2.06 bits per heavy atom. The third kappa shape index (κ3) is 2.38. The van der Waals surface area contributed by atoms with E-state index in [9.17, 15) is 4.39 Å². The zero-order chi connectivity index (χ0) is 11.5. The summed E-state index contributed by atoms with van der Waals surface area (Å²) in [7, 11) is 0. The van der Waals surface area contributed by atoms with Crippen LogP contribution >= 0.6 is 11.6 Å². The first-order valence-electron chi connectivity index (χ1n) is 4.35. The highest BCUT2D eigenvalue weighted by Gasteiger charge is 2.03. The number of aromatic nitrogens is 2. The van der Waals surface area contributed by atoms with Crippen molar-refractivity contribution in [3.8, 4) is 11.6 Å². The maximum absolute atomic E-state index is 12.9. The van der Waals surface area contributed by atoms with Gasteiger partial charge in [-0.2, -0.15) is 0 Å². The summed E-state index contributed by atoms with van der Waals surface area (Å²) in [5.41, 5.74) is 5.36. The summed E-state index contributed by atoms with van der Waals surface area (Å²) in [6.07, 6.45) is 2.73. The van der Waals surface area contributed by atoms with Crippen LogP contribution in [-0.2, 0) is 0 Å². The lowest BCUT2D eigenvalue weighted by molar-refractivity contribution is 0.459. The van der Waals surface area contributed by atoms with Crippen molar-refractivity contribution in [3.63, 3.8) is 0 Å². The Balaban J connectivity index is 2.20. The van der Waals surface area contributed by atoms with Crippen LogP contribution in [0.15, 0.2) is 30.6 Å². The number of nitrogens with zero attached hydrogens (tertiary/aromatic N) is 2. The first kappa shape index (κ1) is 10.6. The monoisotopic (exact) mass is 239 g/mol. The summed E-state index contributed by atoms with van der Waals surface area (Å²) in [6, 6.07) is 4.01. The van der Waals surface area contributed by atoms with Crippen LogP contribution in [0.2, 0.25) is 5.02 Å². The molecule has 2 aromatic rings. The van der Waals surface area contributed by atoms with Gasteiger partial charge in [0, 0.05) is 6.07 Å². The largest absolute Gasteiger partial charge is 0.437 e. The summed E-state index contributed by atoms with van der Waals surface area (Å²) in [6.45, 7) is 0. The molecule has 82 valence electrons. The van der Waals surface area contributed by atoms with Crippen molar-refractivity contribution in [2.24, 2.45) is 0 Å². The molecule has 0 unspecified atom stereocenters. The van der Waals surface area contributed by atoms with Gasteiger partial charge in [0.1, 0.15) is 17.4 Å². The lowest BCUT2D eigenvalue weighted by atomic mass is 10.3. The normalized spacial score (nSPS) is 10.1. The molecule has 0 aliphatic heterocycles.